The molecule has 0 saturated carbocycles. The summed E-state index contributed by atoms with van der Waals surface area (Å²) in [7, 11) is 0. The van der Waals surface area contributed by atoms with Gasteiger partial charge >= 0.3 is 0 Å². The van der Waals surface area contributed by atoms with Crippen LogP contribution in [0.25, 0.3) is 97.4 Å². The number of hydrogen-bond donors (Lipinski definition) is 0. The SMILES string of the molecule is [2H]c1c([2H])c([2H])c(-c2c([2H])c([2H])c([2H])c(-c3ccc4sc5cccc(-n6c7c([2H])c([2H])c([2H])c([2H])c7c7c([2H])c([2H])c(-n8c9c([2H])c([2H])c([2H])c([2H])c9c9c([2H])c([2H])c([2H])c([2H])c98)c([2H])c76)c5c4c3)c2[2H])c([2H])c1[2H]. The molecule has 3 heteroatoms. The second kappa shape index (κ2) is 11.0. The summed E-state index contributed by atoms with van der Waals surface area (Å²) in [4.78, 5) is 0. The van der Waals surface area contributed by atoms with E-state index in [0.29, 0.717) is 20.2 Å². The van der Waals surface area contributed by atoms with E-state index in [1.807, 2.05) is 0 Å². The summed E-state index contributed by atoms with van der Waals surface area (Å²) in [5.41, 5.74) is -3.00. The first-order valence-corrected chi connectivity index (χ1v) is 16.3. The number of nitrogens with zero attached hydrogens (tertiary/aromatic N) is 2. The lowest BCUT2D eigenvalue weighted by Gasteiger charge is -2.13. The lowest BCUT2D eigenvalue weighted by molar-refractivity contribution is 1.16. The van der Waals surface area contributed by atoms with Gasteiger partial charge in [0, 0.05) is 47.4 Å². The van der Waals surface area contributed by atoms with Crippen LogP contribution >= 0.6 is 11.3 Å². The molecule has 0 amide bonds. The van der Waals surface area contributed by atoms with Gasteiger partial charge in [-0.2, -0.15) is 0 Å². The summed E-state index contributed by atoms with van der Waals surface area (Å²) in [6.45, 7) is 0. The maximum absolute atomic E-state index is 10.2. The third kappa shape index (κ3) is 4.29. The van der Waals surface area contributed by atoms with E-state index in [-0.39, 0.29) is 49.4 Å². The molecule has 3 aromatic heterocycles. The van der Waals surface area contributed by atoms with Crippen LogP contribution in [0.3, 0.4) is 0 Å². The van der Waals surface area contributed by atoms with E-state index in [1.54, 1.807) is 36.4 Å². The minimum atomic E-state index is -0.797. The van der Waals surface area contributed by atoms with Crippen LogP contribution in [0.15, 0.2) is 181 Å². The molecule has 0 N–H and O–H groups in total. The van der Waals surface area contributed by atoms with Gasteiger partial charge in [-0.05, 0) is 82.8 Å². The zero-order valence-electron chi connectivity index (χ0n) is 49.8. The molecule has 0 unspecified atom stereocenters. The number of benzene rings is 8. The maximum atomic E-state index is 10.2. The molecular weight excluding hydrogens is 637 g/mol. The molecule has 0 saturated heterocycles. The van der Waals surface area contributed by atoms with Gasteiger partial charge in [0.2, 0.25) is 0 Å². The average molecular weight is 691 g/mol. The Balaban J connectivity index is 1.31. The van der Waals surface area contributed by atoms with E-state index < -0.39 is 173 Å². The van der Waals surface area contributed by atoms with Crippen molar-refractivity contribution in [1.29, 1.82) is 0 Å². The van der Waals surface area contributed by atoms with Crippen LogP contribution in [0, 0.1) is 0 Å². The van der Waals surface area contributed by atoms with Gasteiger partial charge in [0.05, 0.1) is 60.7 Å². The zero-order valence-corrected chi connectivity index (χ0v) is 26.6. The number of thiophene rings is 1. The quantitative estimate of drug-likeness (QED) is 0.174. The predicted molar refractivity (Wildman–Crippen MR) is 219 cm³/mol. The van der Waals surface area contributed by atoms with Gasteiger partial charge in [0.15, 0.2) is 0 Å². The molecule has 0 aliphatic rings. The Morgan fingerprint density at radius 2 is 1.02 bits per heavy atom. The maximum Gasteiger partial charge on any atom is 0.0667 e. The van der Waals surface area contributed by atoms with Crippen LogP contribution in [0.5, 0.6) is 0 Å². The molecular formula is C48H30N2S. The molecule has 3 heterocycles. The minimum absolute atomic E-state index is 0.120. The van der Waals surface area contributed by atoms with Gasteiger partial charge in [0.25, 0.3) is 0 Å². The first-order valence-electron chi connectivity index (χ1n) is 27.5. The van der Waals surface area contributed by atoms with E-state index in [1.165, 1.54) is 15.9 Å². The Hall–Kier alpha value is -6.42. The average Bonchev–Trinajstić information content (AvgIpc) is 4.15. The highest BCUT2D eigenvalue weighted by atomic mass is 32.1. The second-order valence-electron chi connectivity index (χ2n) is 11.5. The summed E-state index contributed by atoms with van der Waals surface area (Å²) in [6, 6.07) is -7.33. The molecule has 0 radical (unpaired) electrons. The molecule has 51 heavy (non-hydrogen) atoms. The third-order valence-corrected chi connectivity index (χ3v) is 9.91. The molecule has 0 aliphatic heterocycles. The fourth-order valence-electron chi connectivity index (χ4n) is 6.64. The fraction of sp³-hybridized carbons (Fsp3) is 0. The van der Waals surface area contributed by atoms with Gasteiger partial charge in [0.1, 0.15) is 0 Å². The largest absolute Gasteiger partial charge is 0.309 e. The van der Waals surface area contributed by atoms with E-state index in [2.05, 4.69) is 0 Å². The summed E-state index contributed by atoms with van der Waals surface area (Å²) >= 11 is 1.25. The standard InChI is InChI=1S/C48H30N2S/c1-2-12-31(13-3-1)32-14-10-15-33(28-32)34-24-27-46-40(29-34)48-44(22-11-23-47(48)51-46)50-43-21-9-6-18-38(43)39-26-25-35(30-45(39)50)49-41-19-7-4-16-36(41)37-17-5-8-20-42(37)49/h1-30H/i1D,2D,3D,4D,5D,6D,7D,8D,9D,10D,12D,13D,14D,15D,16D,17D,18D,19D,20D,21D,25D,26D,28D,30D. The smallest absolute Gasteiger partial charge is 0.0667 e. The van der Waals surface area contributed by atoms with E-state index in [0.717, 1.165) is 4.57 Å². The van der Waals surface area contributed by atoms with Crippen molar-refractivity contribution < 1.29 is 32.9 Å². The molecule has 238 valence electrons. The summed E-state index contributed by atoms with van der Waals surface area (Å²) in [6.07, 6.45) is 0. The monoisotopic (exact) mass is 690 g/mol. The second-order valence-corrected chi connectivity index (χ2v) is 12.6. The van der Waals surface area contributed by atoms with Gasteiger partial charge in [-0.25, -0.2) is 0 Å². The Morgan fingerprint density at radius 3 is 1.75 bits per heavy atom. The Kier molecular flexibility index (Phi) is 2.97. The van der Waals surface area contributed by atoms with Crippen LogP contribution in [0.1, 0.15) is 32.9 Å². The van der Waals surface area contributed by atoms with Gasteiger partial charge in [-0.15, -0.1) is 11.3 Å². The van der Waals surface area contributed by atoms with E-state index in [4.69, 9.17) is 24.7 Å². The molecule has 0 bridgehead atoms. The topological polar surface area (TPSA) is 9.86 Å². The van der Waals surface area contributed by atoms with Crippen LogP contribution in [-0.2, 0) is 0 Å². The van der Waals surface area contributed by atoms with Crippen LogP contribution < -0.4 is 0 Å². The van der Waals surface area contributed by atoms with Gasteiger partial charge in [-0.3, -0.25) is 0 Å². The van der Waals surface area contributed by atoms with Crippen LogP contribution in [0.4, 0.5) is 0 Å². The third-order valence-electron chi connectivity index (χ3n) is 8.78. The highest BCUT2D eigenvalue weighted by Gasteiger charge is 2.19. The van der Waals surface area contributed by atoms with E-state index >= 15 is 0 Å². The van der Waals surface area contributed by atoms with Crippen molar-refractivity contribution >= 4 is 75.1 Å². The molecule has 11 rings (SSSR count). The summed E-state index contributed by atoms with van der Waals surface area (Å²) < 4.78 is 217. The molecule has 11 aromatic rings. The highest BCUT2D eigenvalue weighted by Crippen LogP contribution is 2.43. The first kappa shape index (κ1) is 13.7. The lowest BCUT2D eigenvalue weighted by atomic mass is 9.98. The molecule has 0 fully saturated rings. The fourth-order valence-corrected chi connectivity index (χ4v) is 7.74. The van der Waals surface area contributed by atoms with Crippen LogP contribution in [-0.4, -0.2) is 9.13 Å². The normalized spacial score (nSPS) is 18.5. The van der Waals surface area contributed by atoms with Crippen molar-refractivity contribution in [1.82, 2.24) is 9.13 Å². The Labute approximate surface area is 332 Å². The number of para-hydroxylation sites is 3. The summed E-state index contributed by atoms with van der Waals surface area (Å²) in [5.74, 6) is 0. The molecule has 8 aromatic carbocycles. The van der Waals surface area contributed by atoms with Gasteiger partial charge in [-0.1, -0.05) is 121 Å². The van der Waals surface area contributed by atoms with Crippen molar-refractivity contribution in [3.8, 4) is 33.6 Å². The van der Waals surface area contributed by atoms with Crippen LogP contribution in [0.2, 0.25) is 0 Å². The predicted octanol–water partition coefficient (Wildman–Crippen LogP) is 13.6. The number of aromatic nitrogens is 2. The highest BCUT2D eigenvalue weighted by molar-refractivity contribution is 7.25. The van der Waals surface area contributed by atoms with Crippen molar-refractivity contribution in [2.45, 2.75) is 0 Å². The van der Waals surface area contributed by atoms with Crippen molar-refractivity contribution in [3.63, 3.8) is 0 Å². The molecule has 0 spiro atoms. The number of rotatable bonds is 4. The van der Waals surface area contributed by atoms with Crippen molar-refractivity contribution in [3.05, 3.63) is 181 Å². The van der Waals surface area contributed by atoms with E-state index in [9.17, 15) is 8.22 Å². The van der Waals surface area contributed by atoms with Crippen molar-refractivity contribution in [2.75, 3.05) is 0 Å². The number of fused-ring (bicyclic) bond motifs is 9. The minimum Gasteiger partial charge on any atom is -0.309 e. The molecule has 0 aliphatic carbocycles. The van der Waals surface area contributed by atoms with Gasteiger partial charge < -0.3 is 9.13 Å². The molecule has 2 nitrogen and oxygen atoms in total. The zero-order chi connectivity index (χ0) is 54.4. The van der Waals surface area contributed by atoms with Crippen molar-refractivity contribution in [2.24, 2.45) is 0 Å². The Bertz CT molecular complexity index is 4430. The number of hydrogen-bond acceptors (Lipinski definition) is 1. The first-order chi connectivity index (χ1) is 35.3. The molecule has 0 atom stereocenters. The summed E-state index contributed by atoms with van der Waals surface area (Å²) in [5, 5.41) is -0.557. The lowest BCUT2D eigenvalue weighted by Crippen LogP contribution is -1.97. The Morgan fingerprint density at radius 1 is 0.412 bits per heavy atom.